The van der Waals surface area contributed by atoms with Gasteiger partial charge in [-0.3, -0.25) is 9.59 Å². The average molecular weight is 375 g/mol. The number of hydrogen-bond donors (Lipinski definition) is 2. The van der Waals surface area contributed by atoms with E-state index < -0.39 is 36.0 Å². The van der Waals surface area contributed by atoms with Gasteiger partial charge in [0.15, 0.2) is 6.61 Å². The third-order valence-corrected chi connectivity index (χ3v) is 2.85. The molecule has 0 aliphatic carbocycles. The third-order valence-electron chi connectivity index (χ3n) is 2.56. The van der Waals surface area contributed by atoms with Crippen LogP contribution < -0.4 is 10.6 Å². The molecule has 9 heteroatoms. The molecule has 0 spiro atoms. The lowest BCUT2D eigenvalue weighted by molar-refractivity contribution is -0.147. The van der Waals surface area contributed by atoms with Crippen molar-refractivity contribution in [3.05, 3.63) is 29.0 Å². The molecule has 7 nitrogen and oxygen atoms in total. The first-order valence-electron chi connectivity index (χ1n) is 7.44. The van der Waals surface area contributed by atoms with Crippen LogP contribution in [0.2, 0.25) is 5.02 Å². The zero-order chi connectivity index (χ0) is 19.0. The summed E-state index contributed by atoms with van der Waals surface area (Å²) in [5.41, 5.74) is -0.356. The third kappa shape index (κ3) is 8.90. The fourth-order valence-electron chi connectivity index (χ4n) is 1.57. The second kappa shape index (κ2) is 9.22. The summed E-state index contributed by atoms with van der Waals surface area (Å²) >= 11 is 5.59. The number of carbonyl (C=O) groups excluding carboxylic acids is 3. The molecule has 0 atom stereocenters. The summed E-state index contributed by atoms with van der Waals surface area (Å²) in [6.45, 7) is 4.65. The molecule has 2 amide bonds. The van der Waals surface area contributed by atoms with Gasteiger partial charge in [0.1, 0.15) is 11.4 Å². The van der Waals surface area contributed by atoms with E-state index in [0.717, 1.165) is 6.07 Å². The van der Waals surface area contributed by atoms with Crippen LogP contribution in [-0.2, 0) is 19.1 Å². The van der Waals surface area contributed by atoms with Gasteiger partial charge in [0.2, 0.25) is 0 Å². The number of ether oxygens (including phenoxy) is 2. The highest BCUT2D eigenvalue weighted by Crippen LogP contribution is 2.19. The van der Waals surface area contributed by atoms with Crippen molar-refractivity contribution in [3.63, 3.8) is 0 Å². The minimum Gasteiger partial charge on any atom is -0.456 e. The largest absolute Gasteiger partial charge is 0.456 e. The average Bonchev–Trinajstić information content (AvgIpc) is 2.47. The van der Waals surface area contributed by atoms with E-state index in [2.05, 4.69) is 10.6 Å². The Morgan fingerprint density at radius 3 is 2.52 bits per heavy atom. The summed E-state index contributed by atoms with van der Waals surface area (Å²) in [7, 11) is 0. The van der Waals surface area contributed by atoms with Crippen LogP contribution >= 0.6 is 11.6 Å². The number of alkyl carbamates (subject to hydrolysis) is 1. The molecule has 0 fully saturated rings. The van der Waals surface area contributed by atoms with E-state index in [9.17, 15) is 18.8 Å². The van der Waals surface area contributed by atoms with Crippen molar-refractivity contribution in [2.45, 2.75) is 32.8 Å². The molecule has 0 aromatic heterocycles. The van der Waals surface area contributed by atoms with Gasteiger partial charge in [-0.15, -0.1) is 0 Å². The van der Waals surface area contributed by atoms with Crippen LogP contribution in [0.5, 0.6) is 0 Å². The van der Waals surface area contributed by atoms with Gasteiger partial charge in [-0.1, -0.05) is 11.6 Å². The number of hydrogen-bond acceptors (Lipinski definition) is 5. The molecule has 2 N–H and O–H groups in total. The molecule has 0 unspecified atom stereocenters. The van der Waals surface area contributed by atoms with Crippen molar-refractivity contribution in [2.24, 2.45) is 0 Å². The molecule has 1 aromatic carbocycles. The smallest absolute Gasteiger partial charge is 0.407 e. The molecule has 0 heterocycles. The summed E-state index contributed by atoms with van der Waals surface area (Å²) < 4.78 is 22.8. The fraction of sp³-hybridized carbons (Fsp3) is 0.438. The molecule has 0 saturated carbocycles. The van der Waals surface area contributed by atoms with Gasteiger partial charge in [0.25, 0.3) is 5.91 Å². The number of nitrogens with one attached hydrogen (secondary N) is 2. The number of amides is 2. The number of benzene rings is 1. The molecule has 0 radical (unpaired) electrons. The quantitative estimate of drug-likeness (QED) is 0.747. The predicted octanol–water partition coefficient (Wildman–Crippen LogP) is 2.88. The molecular weight excluding hydrogens is 355 g/mol. The lowest BCUT2D eigenvalue weighted by atomic mass is 10.2. The number of anilines is 1. The molecule has 25 heavy (non-hydrogen) atoms. The van der Waals surface area contributed by atoms with Crippen molar-refractivity contribution in [3.8, 4) is 0 Å². The summed E-state index contributed by atoms with van der Waals surface area (Å²) in [5, 5.41) is 4.67. The van der Waals surface area contributed by atoms with Crippen LogP contribution in [0.3, 0.4) is 0 Å². The zero-order valence-electron chi connectivity index (χ0n) is 14.2. The maximum absolute atomic E-state index is 13.0. The lowest BCUT2D eigenvalue weighted by Crippen LogP contribution is -2.34. The second-order valence-electron chi connectivity index (χ2n) is 6.02. The summed E-state index contributed by atoms with van der Waals surface area (Å²) in [6.07, 6.45) is -0.763. The SMILES string of the molecule is CC(C)(C)OC(=O)NCCC(=O)OCC(=O)Nc1ccc(F)c(Cl)c1. The highest BCUT2D eigenvalue weighted by Gasteiger charge is 2.16. The van der Waals surface area contributed by atoms with Gasteiger partial charge in [-0.25, -0.2) is 9.18 Å². The Labute approximate surface area is 149 Å². The standard InChI is InChI=1S/C16H20ClFN2O5/c1-16(2,3)25-15(23)19-7-6-14(22)24-9-13(21)20-10-4-5-12(18)11(17)8-10/h4-5,8H,6-7,9H2,1-3H3,(H,19,23)(H,20,21). The van der Waals surface area contributed by atoms with E-state index in [4.69, 9.17) is 21.1 Å². The number of esters is 1. The molecule has 0 saturated heterocycles. The first kappa shape index (κ1) is 20.7. The Morgan fingerprint density at radius 2 is 1.92 bits per heavy atom. The van der Waals surface area contributed by atoms with E-state index >= 15 is 0 Å². The Morgan fingerprint density at radius 1 is 1.24 bits per heavy atom. The monoisotopic (exact) mass is 374 g/mol. The maximum Gasteiger partial charge on any atom is 0.407 e. The van der Waals surface area contributed by atoms with Crippen LogP contribution in [0.1, 0.15) is 27.2 Å². The number of rotatable bonds is 6. The highest BCUT2D eigenvalue weighted by molar-refractivity contribution is 6.31. The van der Waals surface area contributed by atoms with E-state index in [1.54, 1.807) is 20.8 Å². The predicted molar refractivity (Wildman–Crippen MR) is 89.9 cm³/mol. The summed E-state index contributed by atoms with van der Waals surface area (Å²) in [4.78, 5) is 34.5. The van der Waals surface area contributed by atoms with Gasteiger partial charge in [0, 0.05) is 12.2 Å². The van der Waals surface area contributed by atoms with Crippen LogP contribution in [0.15, 0.2) is 18.2 Å². The maximum atomic E-state index is 13.0. The van der Waals surface area contributed by atoms with Crippen molar-refractivity contribution < 1.29 is 28.2 Å². The molecular formula is C16H20ClFN2O5. The van der Waals surface area contributed by atoms with Gasteiger partial charge >= 0.3 is 12.1 Å². The summed E-state index contributed by atoms with van der Waals surface area (Å²) in [6, 6.07) is 3.67. The van der Waals surface area contributed by atoms with Crippen molar-refractivity contribution in [1.82, 2.24) is 5.32 Å². The minimum atomic E-state index is -0.664. The van der Waals surface area contributed by atoms with E-state index in [-0.39, 0.29) is 23.7 Å². The van der Waals surface area contributed by atoms with Crippen LogP contribution in [0.25, 0.3) is 0 Å². The Kier molecular flexibility index (Phi) is 7.63. The van der Waals surface area contributed by atoms with Crippen molar-refractivity contribution in [2.75, 3.05) is 18.5 Å². The minimum absolute atomic E-state index is 0.0168. The number of carbonyl (C=O) groups is 3. The van der Waals surface area contributed by atoms with E-state index in [0.29, 0.717) is 0 Å². The molecule has 0 aliphatic heterocycles. The topological polar surface area (TPSA) is 93.7 Å². The first-order chi connectivity index (χ1) is 11.6. The first-order valence-corrected chi connectivity index (χ1v) is 7.82. The van der Waals surface area contributed by atoms with Gasteiger partial charge in [-0.05, 0) is 39.0 Å². The molecule has 1 aromatic rings. The van der Waals surface area contributed by atoms with Crippen LogP contribution in [0.4, 0.5) is 14.9 Å². The second-order valence-corrected chi connectivity index (χ2v) is 6.42. The molecule has 138 valence electrons. The molecule has 1 rings (SSSR count). The van der Waals surface area contributed by atoms with Crippen LogP contribution in [-0.4, -0.2) is 36.7 Å². The normalized spacial score (nSPS) is 10.8. The Balaban J connectivity index is 2.26. The number of halogens is 2. The van der Waals surface area contributed by atoms with Gasteiger partial charge in [-0.2, -0.15) is 0 Å². The fourth-order valence-corrected chi connectivity index (χ4v) is 1.75. The molecule has 0 bridgehead atoms. The van der Waals surface area contributed by atoms with Gasteiger partial charge in [0.05, 0.1) is 11.4 Å². The highest BCUT2D eigenvalue weighted by atomic mass is 35.5. The van der Waals surface area contributed by atoms with Crippen molar-refractivity contribution >= 4 is 35.3 Å². The van der Waals surface area contributed by atoms with E-state index in [1.807, 2.05) is 0 Å². The van der Waals surface area contributed by atoms with Crippen molar-refractivity contribution in [1.29, 1.82) is 0 Å². The molecule has 0 aliphatic rings. The van der Waals surface area contributed by atoms with Crippen LogP contribution in [0, 0.1) is 5.82 Å². The Hall–Kier alpha value is -2.35. The zero-order valence-corrected chi connectivity index (χ0v) is 14.9. The van der Waals surface area contributed by atoms with E-state index in [1.165, 1.54) is 12.1 Å². The van der Waals surface area contributed by atoms with Gasteiger partial charge < -0.3 is 20.1 Å². The summed E-state index contributed by atoms with van der Waals surface area (Å²) in [5.74, 6) is -1.87. The lowest BCUT2D eigenvalue weighted by Gasteiger charge is -2.19. The Bertz CT molecular complexity index is 646.